The van der Waals surface area contributed by atoms with Gasteiger partial charge in [0, 0.05) is 5.41 Å². The van der Waals surface area contributed by atoms with Crippen LogP contribution < -0.4 is 0 Å². The van der Waals surface area contributed by atoms with E-state index in [0.717, 1.165) is 36.6 Å². The summed E-state index contributed by atoms with van der Waals surface area (Å²) in [6.07, 6.45) is 6.83. The first-order chi connectivity index (χ1) is 7.19. The van der Waals surface area contributed by atoms with Gasteiger partial charge in [0.2, 0.25) is 5.78 Å². The molecule has 82 valence electrons. The highest BCUT2D eigenvalue weighted by Gasteiger charge is 2.41. The number of halogens is 1. The van der Waals surface area contributed by atoms with E-state index in [1.54, 1.807) is 12.3 Å². The molecule has 2 nitrogen and oxygen atoms in total. The van der Waals surface area contributed by atoms with E-state index in [2.05, 4.69) is 22.9 Å². The Labute approximate surface area is 98.2 Å². The van der Waals surface area contributed by atoms with Crippen molar-refractivity contribution in [3.05, 3.63) is 22.6 Å². The van der Waals surface area contributed by atoms with E-state index in [1.165, 1.54) is 0 Å². The number of furan rings is 1. The average Bonchev–Trinajstić information content (AvgIpc) is 2.86. The highest BCUT2D eigenvalue weighted by Crippen LogP contribution is 2.44. The number of carbonyl (C=O) groups excluding carboxylic acids is 1. The van der Waals surface area contributed by atoms with Crippen molar-refractivity contribution in [2.45, 2.75) is 39.0 Å². The summed E-state index contributed by atoms with van der Waals surface area (Å²) in [5, 5.41) is 0. The van der Waals surface area contributed by atoms with Crippen molar-refractivity contribution < 1.29 is 9.21 Å². The third kappa shape index (κ3) is 1.78. The molecule has 0 aromatic carbocycles. The minimum atomic E-state index is -0.152. The van der Waals surface area contributed by atoms with Crippen LogP contribution in [-0.2, 0) is 0 Å². The van der Waals surface area contributed by atoms with Crippen LogP contribution in [0.4, 0.5) is 0 Å². The summed E-state index contributed by atoms with van der Waals surface area (Å²) < 4.78 is 6.05. The van der Waals surface area contributed by atoms with Gasteiger partial charge < -0.3 is 4.42 Å². The maximum Gasteiger partial charge on any atom is 0.205 e. The highest BCUT2D eigenvalue weighted by molar-refractivity contribution is 9.10. The fourth-order valence-corrected chi connectivity index (χ4v) is 2.87. The Kier molecular flexibility index (Phi) is 3.01. The van der Waals surface area contributed by atoms with Crippen molar-refractivity contribution in [3.8, 4) is 0 Å². The lowest BCUT2D eigenvalue weighted by Crippen LogP contribution is -2.27. The fourth-order valence-electron chi connectivity index (χ4n) is 2.49. The fraction of sp³-hybridized carbons (Fsp3) is 0.583. The van der Waals surface area contributed by atoms with E-state index < -0.39 is 0 Å². The van der Waals surface area contributed by atoms with Crippen LogP contribution >= 0.6 is 15.9 Å². The van der Waals surface area contributed by atoms with E-state index in [4.69, 9.17) is 4.42 Å². The second kappa shape index (κ2) is 4.12. The van der Waals surface area contributed by atoms with Gasteiger partial charge >= 0.3 is 0 Å². The predicted molar refractivity (Wildman–Crippen MR) is 61.9 cm³/mol. The molecule has 0 spiro atoms. The molecule has 0 saturated heterocycles. The zero-order valence-electron chi connectivity index (χ0n) is 8.88. The van der Waals surface area contributed by atoms with Gasteiger partial charge in [0.05, 0.1) is 10.7 Å². The van der Waals surface area contributed by atoms with E-state index in [9.17, 15) is 4.79 Å². The second-order valence-corrected chi connectivity index (χ2v) is 5.12. The van der Waals surface area contributed by atoms with E-state index >= 15 is 0 Å². The van der Waals surface area contributed by atoms with Gasteiger partial charge in [-0.15, -0.1) is 0 Å². The van der Waals surface area contributed by atoms with Gasteiger partial charge in [0.25, 0.3) is 0 Å². The Morgan fingerprint density at radius 1 is 1.53 bits per heavy atom. The molecule has 0 unspecified atom stereocenters. The molecule has 0 aliphatic heterocycles. The molecule has 15 heavy (non-hydrogen) atoms. The van der Waals surface area contributed by atoms with Crippen molar-refractivity contribution in [2.24, 2.45) is 5.41 Å². The van der Waals surface area contributed by atoms with Gasteiger partial charge in [-0.2, -0.15) is 0 Å². The molecular weight excluding hydrogens is 256 g/mol. The van der Waals surface area contributed by atoms with E-state index in [1.807, 2.05) is 0 Å². The Hall–Kier alpha value is -0.570. The number of carbonyl (C=O) groups is 1. The maximum atomic E-state index is 12.4. The molecule has 2 rings (SSSR count). The smallest absolute Gasteiger partial charge is 0.205 e. The average molecular weight is 271 g/mol. The van der Waals surface area contributed by atoms with Gasteiger partial charge in [-0.3, -0.25) is 4.79 Å². The molecule has 1 aliphatic rings. The lowest BCUT2D eigenvalue weighted by molar-refractivity contribution is 0.0759. The second-order valence-electron chi connectivity index (χ2n) is 4.27. The first-order valence-electron chi connectivity index (χ1n) is 5.47. The van der Waals surface area contributed by atoms with Crippen molar-refractivity contribution in [1.82, 2.24) is 0 Å². The predicted octanol–water partition coefficient (Wildman–Crippen LogP) is 4.20. The zero-order chi connectivity index (χ0) is 10.9. The summed E-state index contributed by atoms with van der Waals surface area (Å²) in [6, 6.07) is 1.78. The molecular formula is C12H15BrO2. The summed E-state index contributed by atoms with van der Waals surface area (Å²) in [6.45, 7) is 2.10. The monoisotopic (exact) mass is 270 g/mol. The largest absolute Gasteiger partial charge is 0.460 e. The Morgan fingerprint density at radius 3 is 2.67 bits per heavy atom. The van der Waals surface area contributed by atoms with Crippen molar-refractivity contribution in [2.75, 3.05) is 0 Å². The topological polar surface area (TPSA) is 30.2 Å². The molecule has 1 saturated carbocycles. The SMILES string of the molecule is CCC1(C(=O)c2occc2Br)CCCC1. The molecule has 0 radical (unpaired) electrons. The quantitative estimate of drug-likeness (QED) is 0.771. The molecule has 1 aliphatic carbocycles. The summed E-state index contributed by atoms with van der Waals surface area (Å²) in [4.78, 5) is 12.4. The Balaban J connectivity index is 2.30. The number of hydrogen-bond donors (Lipinski definition) is 0. The number of rotatable bonds is 3. The van der Waals surface area contributed by atoms with Crippen LogP contribution in [0.2, 0.25) is 0 Å². The van der Waals surface area contributed by atoms with E-state index in [0.29, 0.717) is 5.76 Å². The number of hydrogen-bond acceptors (Lipinski definition) is 2. The van der Waals surface area contributed by atoms with Crippen molar-refractivity contribution in [1.29, 1.82) is 0 Å². The molecule has 0 bridgehead atoms. The molecule has 1 aromatic heterocycles. The third-order valence-corrected chi connectivity index (χ3v) is 4.17. The molecule has 0 N–H and O–H groups in total. The van der Waals surface area contributed by atoms with Gasteiger partial charge in [-0.05, 0) is 41.3 Å². The van der Waals surface area contributed by atoms with E-state index in [-0.39, 0.29) is 11.2 Å². The van der Waals surface area contributed by atoms with Crippen LogP contribution in [0.5, 0.6) is 0 Å². The summed E-state index contributed by atoms with van der Waals surface area (Å²) in [7, 11) is 0. The maximum absolute atomic E-state index is 12.4. The summed E-state index contributed by atoms with van der Waals surface area (Å²) in [5.74, 6) is 0.679. The first kappa shape index (κ1) is 10.9. The minimum Gasteiger partial charge on any atom is -0.460 e. The highest BCUT2D eigenvalue weighted by atomic mass is 79.9. The van der Waals surface area contributed by atoms with Crippen LogP contribution in [0, 0.1) is 5.41 Å². The minimum absolute atomic E-state index is 0.152. The van der Waals surface area contributed by atoms with Gasteiger partial charge in [-0.25, -0.2) is 0 Å². The van der Waals surface area contributed by atoms with Crippen LogP contribution in [0.25, 0.3) is 0 Å². The zero-order valence-corrected chi connectivity index (χ0v) is 10.5. The van der Waals surface area contributed by atoms with Gasteiger partial charge in [-0.1, -0.05) is 19.8 Å². The molecule has 3 heteroatoms. The molecule has 1 fully saturated rings. The Morgan fingerprint density at radius 2 is 2.20 bits per heavy atom. The van der Waals surface area contributed by atoms with Crippen LogP contribution in [0.3, 0.4) is 0 Å². The van der Waals surface area contributed by atoms with Crippen LogP contribution in [-0.4, -0.2) is 5.78 Å². The summed E-state index contributed by atoms with van der Waals surface area (Å²) in [5.41, 5.74) is -0.152. The van der Waals surface area contributed by atoms with Gasteiger partial charge in [0.1, 0.15) is 0 Å². The lowest BCUT2D eigenvalue weighted by Gasteiger charge is -2.24. The van der Waals surface area contributed by atoms with Crippen molar-refractivity contribution >= 4 is 21.7 Å². The lowest BCUT2D eigenvalue weighted by atomic mass is 9.78. The van der Waals surface area contributed by atoms with Gasteiger partial charge in [0.15, 0.2) is 5.76 Å². The molecule has 1 aromatic rings. The summed E-state index contributed by atoms with van der Waals surface area (Å²) >= 11 is 3.35. The van der Waals surface area contributed by atoms with Crippen LogP contribution in [0.1, 0.15) is 49.6 Å². The Bertz CT molecular complexity index is 361. The number of Topliss-reactive ketones (excluding diaryl/α,β-unsaturated/α-hetero) is 1. The normalized spacial score (nSPS) is 19.3. The molecule has 1 heterocycles. The van der Waals surface area contributed by atoms with Crippen LogP contribution in [0.15, 0.2) is 21.2 Å². The third-order valence-electron chi connectivity index (χ3n) is 3.54. The molecule has 0 atom stereocenters. The standard InChI is InChI=1S/C12H15BrO2/c1-2-12(6-3-4-7-12)11(14)10-9(13)5-8-15-10/h5,8H,2-4,6-7H2,1H3. The number of ketones is 1. The molecule has 0 amide bonds. The van der Waals surface area contributed by atoms with Crippen molar-refractivity contribution in [3.63, 3.8) is 0 Å². The first-order valence-corrected chi connectivity index (χ1v) is 6.27.